The number of nitrogens with zero attached hydrogens (tertiary/aromatic N) is 4. The molecular formula is C21H24N6O2. The molecule has 29 heavy (non-hydrogen) atoms. The van der Waals surface area contributed by atoms with Crippen molar-refractivity contribution in [1.82, 2.24) is 25.5 Å². The maximum atomic E-state index is 12.8. The van der Waals surface area contributed by atoms with Crippen molar-refractivity contribution in [2.75, 3.05) is 12.4 Å². The van der Waals surface area contributed by atoms with Crippen LogP contribution in [0.1, 0.15) is 37.9 Å². The molecule has 2 aromatic carbocycles. The molecule has 1 fully saturated rings. The number of tetrazole rings is 1. The summed E-state index contributed by atoms with van der Waals surface area (Å²) in [7, 11) is 1.62. The first-order valence-electron chi connectivity index (χ1n) is 9.78. The molecule has 1 saturated carbocycles. The van der Waals surface area contributed by atoms with E-state index < -0.39 is 5.54 Å². The molecule has 4 rings (SSSR count). The number of carbonyl (C=O) groups is 1. The van der Waals surface area contributed by atoms with E-state index in [1.54, 1.807) is 11.8 Å². The lowest BCUT2D eigenvalue weighted by atomic mass is 9.81. The molecule has 150 valence electrons. The van der Waals surface area contributed by atoms with Crippen molar-refractivity contribution in [2.24, 2.45) is 0 Å². The van der Waals surface area contributed by atoms with E-state index >= 15 is 0 Å². The zero-order valence-corrected chi connectivity index (χ0v) is 16.3. The second kappa shape index (κ2) is 8.30. The van der Waals surface area contributed by atoms with Crippen LogP contribution in [-0.4, -0.2) is 33.3 Å². The highest BCUT2D eigenvalue weighted by Gasteiger charge is 2.40. The van der Waals surface area contributed by atoms with Gasteiger partial charge in [0.25, 0.3) is 0 Å². The number of anilines is 1. The molecule has 1 heterocycles. The highest BCUT2D eigenvalue weighted by atomic mass is 16.5. The lowest BCUT2D eigenvalue weighted by Crippen LogP contribution is -2.50. The van der Waals surface area contributed by atoms with Crippen molar-refractivity contribution >= 4 is 11.7 Å². The summed E-state index contributed by atoms with van der Waals surface area (Å²) in [6, 6.07) is 16.7. The number of aromatic nitrogens is 4. The molecule has 1 aliphatic rings. The number of amides is 2. The maximum absolute atomic E-state index is 12.8. The van der Waals surface area contributed by atoms with Gasteiger partial charge in [-0.2, -0.15) is 4.68 Å². The summed E-state index contributed by atoms with van der Waals surface area (Å²) in [5, 5.41) is 18.5. The summed E-state index contributed by atoms with van der Waals surface area (Å²) in [6.45, 7) is 0. The van der Waals surface area contributed by atoms with E-state index in [1.807, 2.05) is 54.6 Å². The summed E-state index contributed by atoms with van der Waals surface area (Å²) in [5.74, 6) is 1.35. The van der Waals surface area contributed by atoms with Crippen LogP contribution in [0.15, 0.2) is 54.6 Å². The van der Waals surface area contributed by atoms with Crippen LogP contribution in [0.25, 0.3) is 5.69 Å². The predicted molar refractivity (Wildman–Crippen MR) is 109 cm³/mol. The van der Waals surface area contributed by atoms with Crippen molar-refractivity contribution in [3.05, 3.63) is 60.4 Å². The van der Waals surface area contributed by atoms with Crippen LogP contribution >= 0.6 is 0 Å². The highest BCUT2D eigenvalue weighted by molar-refractivity contribution is 5.89. The standard InChI is InChI=1S/C21H24N6O2/c1-29-18-12-8-11-17(15-18)27-19(24-25-26-27)21(13-6-3-7-14-21)23-20(28)22-16-9-4-2-5-10-16/h2,4-5,8-12,15H,3,6-7,13-14H2,1H3,(H2,22,23,28). The van der Waals surface area contributed by atoms with Gasteiger partial charge in [-0.15, -0.1) is 5.10 Å². The normalized spacial score (nSPS) is 15.5. The number of hydrogen-bond donors (Lipinski definition) is 2. The molecular weight excluding hydrogens is 368 g/mol. The van der Waals surface area contributed by atoms with Gasteiger partial charge in [0.05, 0.1) is 12.8 Å². The maximum Gasteiger partial charge on any atom is 0.320 e. The van der Waals surface area contributed by atoms with E-state index in [1.165, 1.54) is 0 Å². The Morgan fingerprint density at radius 2 is 1.86 bits per heavy atom. The second-order valence-electron chi connectivity index (χ2n) is 7.20. The first-order valence-corrected chi connectivity index (χ1v) is 9.78. The Labute approximate surface area is 169 Å². The van der Waals surface area contributed by atoms with Gasteiger partial charge in [-0.05, 0) is 47.5 Å². The molecule has 0 radical (unpaired) electrons. The summed E-state index contributed by atoms with van der Waals surface area (Å²) in [6.07, 6.45) is 4.68. The highest BCUT2D eigenvalue weighted by Crippen LogP contribution is 2.37. The van der Waals surface area contributed by atoms with E-state index in [-0.39, 0.29) is 6.03 Å². The average molecular weight is 392 g/mol. The number of urea groups is 1. The number of ether oxygens (including phenoxy) is 1. The molecule has 0 unspecified atom stereocenters. The molecule has 0 atom stereocenters. The molecule has 1 aliphatic carbocycles. The van der Waals surface area contributed by atoms with Crippen LogP contribution in [0.4, 0.5) is 10.5 Å². The minimum atomic E-state index is -0.635. The van der Waals surface area contributed by atoms with Crippen molar-refractivity contribution in [2.45, 2.75) is 37.6 Å². The van der Waals surface area contributed by atoms with Crippen LogP contribution in [0.2, 0.25) is 0 Å². The fraction of sp³-hybridized carbons (Fsp3) is 0.333. The molecule has 0 aliphatic heterocycles. The molecule has 2 N–H and O–H groups in total. The van der Waals surface area contributed by atoms with Crippen molar-refractivity contribution in [3.63, 3.8) is 0 Å². The van der Waals surface area contributed by atoms with Crippen LogP contribution in [0, 0.1) is 0 Å². The topological polar surface area (TPSA) is 94.0 Å². The van der Waals surface area contributed by atoms with Crippen molar-refractivity contribution < 1.29 is 9.53 Å². The van der Waals surface area contributed by atoms with E-state index in [9.17, 15) is 4.79 Å². The van der Waals surface area contributed by atoms with E-state index in [0.717, 1.165) is 49.2 Å². The first-order chi connectivity index (χ1) is 14.2. The third-order valence-corrected chi connectivity index (χ3v) is 5.29. The Bertz CT molecular complexity index is 966. The molecule has 8 heteroatoms. The van der Waals surface area contributed by atoms with Crippen LogP contribution in [0.3, 0.4) is 0 Å². The van der Waals surface area contributed by atoms with Crippen LogP contribution < -0.4 is 15.4 Å². The van der Waals surface area contributed by atoms with Crippen LogP contribution in [-0.2, 0) is 5.54 Å². The van der Waals surface area contributed by atoms with Gasteiger partial charge in [-0.1, -0.05) is 43.5 Å². The summed E-state index contributed by atoms with van der Waals surface area (Å²) in [4.78, 5) is 12.8. The lowest BCUT2D eigenvalue weighted by molar-refractivity contribution is 0.204. The third-order valence-electron chi connectivity index (χ3n) is 5.29. The second-order valence-corrected chi connectivity index (χ2v) is 7.20. The molecule has 1 aromatic heterocycles. The average Bonchev–Trinajstić information content (AvgIpc) is 3.26. The summed E-state index contributed by atoms with van der Waals surface area (Å²) >= 11 is 0. The number of rotatable bonds is 5. The molecule has 0 saturated heterocycles. The fourth-order valence-corrected chi connectivity index (χ4v) is 3.86. The first kappa shape index (κ1) is 18.9. The Morgan fingerprint density at radius 1 is 1.07 bits per heavy atom. The monoisotopic (exact) mass is 392 g/mol. The number of hydrogen-bond acceptors (Lipinski definition) is 5. The zero-order chi connectivity index (χ0) is 20.1. The largest absolute Gasteiger partial charge is 0.497 e. The molecule has 3 aromatic rings. The molecule has 8 nitrogen and oxygen atoms in total. The zero-order valence-electron chi connectivity index (χ0n) is 16.3. The van der Waals surface area contributed by atoms with Gasteiger partial charge in [-0.25, -0.2) is 4.79 Å². The minimum absolute atomic E-state index is 0.265. The van der Waals surface area contributed by atoms with Crippen LogP contribution in [0.5, 0.6) is 5.75 Å². The van der Waals surface area contributed by atoms with Crippen molar-refractivity contribution in [1.29, 1.82) is 0 Å². The number of benzene rings is 2. The van der Waals surface area contributed by atoms with Gasteiger partial charge in [0.2, 0.25) is 0 Å². The molecule has 0 spiro atoms. The molecule has 0 bridgehead atoms. The minimum Gasteiger partial charge on any atom is -0.497 e. The third kappa shape index (κ3) is 4.06. The summed E-state index contributed by atoms with van der Waals surface area (Å²) in [5.41, 5.74) is 0.895. The Hall–Kier alpha value is -3.42. The van der Waals surface area contributed by atoms with E-state index in [2.05, 4.69) is 26.2 Å². The predicted octanol–water partition coefficient (Wildman–Crippen LogP) is 3.65. The fourth-order valence-electron chi connectivity index (χ4n) is 3.86. The Kier molecular flexibility index (Phi) is 5.41. The Balaban J connectivity index is 1.65. The van der Waals surface area contributed by atoms with Crippen molar-refractivity contribution in [3.8, 4) is 11.4 Å². The summed E-state index contributed by atoms with van der Waals surface area (Å²) < 4.78 is 7.02. The van der Waals surface area contributed by atoms with E-state index in [0.29, 0.717) is 5.82 Å². The van der Waals surface area contributed by atoms with Gasteiger partial charge in [-0.3, -0.25) is 0 Å². The van der Waals surface area contributed by atoms with E-state index in [4.69, 9.17) is 4.74 Å². The Morgan fingerprint density at radius 3 is 2.62 bits per heavy atom. The number of para-hydroxylation sites is 1. The van der Waals surface area contributed by atoms with Gasteiger partial charge in [0, 0.05) is 11.8 Å². The SMILES string of the molecule is COc1cccc(-n2nnnc2C2(NC(=O)Nc3ccccc3)CCCCC2)c1. The quantitative estimate of drug-likeness (QED) is 0.691. The van der Waals surface area contributed by atoms with Gasteiger partial charge >= 0.3 is 6.03 Å². The number of methoxy groups -OCH3 is 1. The smallest absolute Gasteiger partial charge is 0.320 e. The van der Waals surface area contributed by atoms with Gasteiger partial charge < -0.3 is 15.4 Å². The number of carbonyl (C=O) groups excluding carboxylic acids is 1. The molecule has 2 amide bonds. The van der Waals surface area contributed by atoms with Gasteiger partial charge in [0.15, 0.2) is 5.82 Å². The number of nitrogens with one attached hydrogen (secondary N) is 2. The lowest BCUT2D eigenvalue weighted by Gasteiger charge is -2.36. The van der Waals surface area contributed by atoms with Gasteiger partial charge in [0.1, 0.15) is 11.3 Å².